The number of amides is 1. The molecule has 2 N–H and O–H groups in total. The van der Waals surface area contributed by atoms with Gasteiger partial charge in [0.2, 0.25) is 5.91 Å². The smallest absolute Gasteiger partial charge is 0.223 e. The number of fused-ring (bicyclic) bond motifs is 2. The number of primary amides is 1. The van der Waals surface area contributed by atoms with E-state index in [0.717, 1.165) is 16.5 Å². The van der Waals surface area contributed by atoms with Gasteiger partial charge in [0.1, 0.15) is 13.2 Å². The van der Waals surface area contributed by atoms with Gasteiger partial charge >= 0.3 is 0 Å². The van der Waals surface area contributed by atoms with E-state index in [-0.39, 0.29) is 6.42 Å². The van der Waals surface area contributed by atoms with Crippen LogP contribution in [0.15, 0.2) is 24.4 Å². The first-order chi connectivity index (χ1) is 8.74. The molecule has 1 aromatic carbocycles. The maximum absolute atomic E-state index is 11.0. The lowest BCUT2D eigenvalue weighted by Crippen LogP contribution is -2.16. The van der Waals surface area contributed by atoms with Crippen molar-refractivity contribution in [1.82, 2.24) is 4.98 Å². The van der Waals surface area contributed by atoms with Crippen molar-refractivity contribution in [3.05, 3.63) is 30.1 Å². The van der Waals surface area contributed by atoms with Gasteiger partial charge in [-0.05, 0) is 23.6 Å². The molecule has 2 aromatic rings. The monoisotopic (exact) mass is 244 g/mol. The quantitative estimate of drug-likeness (QED) is 0.856. The predicted octanol–water partition coefficient (Wildman–Crippen LogP) is 1.03. The van der Waals surface area contributed by atoms with Crippen molar-refractivity contribution in [2.24, 2.45) is 5.73 Å². The van der Waals surface area contributed by atoms with Gasteiger partial charge in [0.15, 0.2) is 11.5 Å². The first-order valence-electron chi connectivity index (χ1n) is 5.69. The van der Waals surface area contributed by atoms with Crippen molar-refractivity contribution in [1.29, 1.82) is 0 Å². The Labute approximate surface area is 104 Å². The van der Waals surface area contributed by atoms with Crippen LogP contribution in [0.4, 0.5) is 0 Å². The summed E-state index contributed by atoms with van der Waals surface area (Å²) < 4.78 is 11.0. The summed E-state index contributed by atoms with van der Waals surface area (Å²) in [7, 11) is 0. The number of hydrogen-bond acceptors (Lipinski definition) is 4. The molecule has 0 radical (unpaired) electrons. The minimum atomic E-state index is -0.398. The fourth-order valence-corrected chi connectivity index (χ4v) is 2.08. The third-order valence-corrected chi connectivity index (χ3v) is 2.85. The van der Waals surface area contributed by atoms with Gasteiger partial charge in [-0.1, -0.05) is 0 Å². The molecule has 1 aromatic heterocycles. The van der Waals surface area contributed by atoms with Crippen molar-refractivity contribution in [2.45, 2.75) is 6.42 Å². The van der Waals surface area contributed by atoms with Crippen LogP contribution in [0.1, 0.15) is 5.69 Å². The average Bonchev–Trinajstić information content (AvgIpc) is 2.36. The van der Waals surface area contributed by atoms with Crippen molar-refractivity contribution < 1.29 is 14.3 Å². The highest BCUT2D eigenvalue weighted by Gasteiger charge is 2.15. The molecule has 5 nitrogen and oxygen atoms in total. The number of aromatic nitrogens is 1. The van der Waals surface area contributed by atoms with E-state index in [0.29, 0.717) is 24.7 Å². The molecule has 0 atom stereocenters. The number of carbonyl (C=O) groups excluding carboxylic acids is 1. The lowest BCUT2D eigenvalue weighted by Gasteiger charge is -2.19. The third kappa shape index (κ3) is 1.84. The molecule has 0 unspecified atom stereocenters. The summed E-state index contributed by atoms with van der Waals surface area (Å²) in [4.78, 5) is 15.2. The molecule has 18 heavy (non-hydrogen) atoms. The number of benzene rings is 1. The second-order valence-electron chi connectivity index (χ2n) is 4.12. The fraction of sp³-hybridized carbons (Fsp3) is 0.231. The fourth-order valence-electron chi connectivity index (χ4n) is 2.08. The number of pyridine rings is 1. The van der Waals surface area contributed by atoms with Crippen LogP contribution in [0, 0.1) is 0 Å². The number of hydrogen-bond donors (Lipinski definition) is 1. The Morgan fingerprint density at radius 2 is 2.00 bits per heavy atom. The van der Waals surface area contributed by atoms with E-state index < -0.39 is 5.91 Å². The van der Waals surface area contributed by atoms with Crippen LogP contribution < -0.4 is 15.2 Å². The second-order valence-corrected chi connectivity index (χ2v) is 4.12. The summed E-state index contributed by atoms with van der Waals surface area (Å²) in [5.41, 5.74) is 5.88. The summed E-state index contributed by atoms with van der Waals surface area (Å²) in [5, 5.41) is 1.84. The molecule has 0 saturated heterocycles. The van der Waals surface area contributed by atoms with Crippen LogP contribution in [0.3, 0.4) is 0 Å². The van der Waals surface area contributed by atoms with Crippen molar-refractivity contribution in [3.63, 3.8) is 0 Å². The largest absolute Gasteiger partial charge is 0.486 e. The lowest BCUT2D eigenvalue weighted by atomic mass is 10.1. The highest BCUT2D eigenvalue weighted by Crippen LogP contribution is 2.35. The molecule has 3 rings (SSSR count). The molecule has 1 aliphatic heterocycles. The Kier molecular flexibility index (Phi) is 2.51. The third-order valence-electron chi connectivity index (χ3n) is 2.85. The predicted molar refractivity (Wildman–Crippen MR) is 65.6 cm³/mol. The van der Waals surface area contributed by atoms with Gasteiger partial charge < -0.3 is 15.2 Å². The Morgan fingerprint density at radius 3 is 2.72 bits per heavy atom. The zero-order chi connectivity index (χ0) is 12.5. The number of carbonyl (C=O) groups is 1. The second kappa shape index (κ2) is 4.18. The van der Waals surface area contributed by atoms with Crippen LogP contribution >= 0.6 is 0 Å². The van der Waals surface area contributed by atoms with Gasteiger partial charge in [0, 0.05) is 11.6 Å². The van der Waals surface area contributed by atoms with E-state index in [9.17, 15) is 4.79 Å². The molecule has 0 aliphatic carbocycles. The van der Waals surface area contributed by atoms with Gasteiger partial charge in [0.25, 0.3) is 0 Å². The van der Waals surface area contributed by atoms with Crippen LogP contribution in [0.2, 0.25) is 0 Å². The normalized spacial score (nSPS) is 13.6. The summed E-state index contributed by atoms with van der Waals surface area (Å²) in [6.45, 7) is 1.08. The van der Waals surface area contributed by atoms with Gasteiger partial charge in [-0.25, -0.2) is 0 Å². The molecule has 0 fully saturated rings. The summed E-state index contributed by atoms with van der Waals surface area (Å²) in [6.07, 6.45) is 1.79. The number of nitrogens with zero attached hydrogens (tertiary/aromatic N) is 1. The maximum Gasteiger partial charge on any atom is 0.223 e. The van der Waals surface area contributed by atoms with Gasteiger partial charge in [-0.2, -0.15) is 0 Å². The zero-order valence-corrected chi connectivity index (χ0v) is 9.68. The lowest BCUT2D eigenvalue weighted by molar-refractivity contribution is -0.117. The molecular weight excluding hydrogens is 232 g/mol. The van der Waals surface area contributed by atoms with E-state index in [1.807, 2.05) is 18.2 Å². The number of rotatable bonds is 2. The highest BCUT2D eigenvalue weighted by atomic mass is 16.6. The topological polar surface area (TPSA) is 74.4 Å². The minimum absolute atomic E-state index is 0.122. The van der Waals surface area contributed by atoms with E-state index in [4.69, 9.17) is 15.2 Å². The molecule has 1 amide bonds. The van der Waals surface area contributed by atoms with Crippen molar-refractivity contribution in [3.8, 4) is 11.5 Å². The highest BCUT2D eigenvalue weighted by molar-refractivity contribution is 5.90. The first-order valence-corrected chi connectivity index (χ1v) is 5.69. The molecule has 92 valence electrons. The molecule has 0 bridgehead atoms. The minimum Gasteiger partial charge on any atom is -0.486 e. The number of ether oxygens (including phenoxy) is 2. The van der Waals surface area contributed by atoms with E-state index in [1.54, 1.807) is 6.20 Å². The molecule has 0 saturated carbocycles. The summed E-state index contributed by atoms with van der Waals surface area (Å²) in [6, 6.07) is 5.63. The first kappa shape index (κ1) is 10.8. The van der Waals surface area contributed by atoms with Gasteiger partial charge in [-0.3, -0.25) is 9.78 Å². The van der Waals surface area contributed by atoms with Crippen LogP contribution in [0.5, 0.6) is 11.5 Å². The Balaban J connectivity index is 2.17. The van der Waals surface area contributed by atoms with Gasteiger partial charge in [-0.15, -0.1) is 0 Å². The standard InChI is InChI=1S/C13H12N2O3/c14-13(16)7-10-9-6-12-11(17-3-4-18-12)5-8(9)1-2-15-10/h1-2,5-6H,3-4,7H2,(H2,14,16). The number of nitrogens with two attached hydrogens (primary N) is 1. The Morgan fingerprint density at radius 1 is 1.28 bits per heavy atom. The SMILES string of the molecule is NC(=O)Cc1nccc2cc3c(cc12)OCCO3. The van der Waals surface area contributed by atoms with E-state index in [1.165, 1.54) is 0 Å². The van der Waals surface area contributed by atoms with Crippen LogP contribution in [0.25, 0.3) is 10.8 Å². The molecule has 5 heteroatoms. The molecule has 1 aliphatic rings. The van der Waals surface area contributed by atoms with Crippen LogP contribution in [-0.4, -0.2) is 24.1 Å². The zero-order valence-electron chi connectivity index (χ0n) is 9.68. The van der Waals surface area contributed by atoms with Crippen LogP contribution in [-0.2, 0) is 11.2 Å². The molecule has 2 heterocycles. The maximum atomic E-state index is 11.0. The van der Waals surface area contributed by atoms with E-state index in [2.05, 4.69) is 4.98 Å². The summed E-state index contributed by atoms with van der Waals surface area (Å²) >= 11 is 0. The summed E-state index contributed by atoms with van der Waals surface area (Å²) in [5.74, 6) is 1.02. The Bertz CT molecular complexity index is 625. The van der Waals surface area contributed by atoms with Crippen molar-refractivity contribution in [2.75, 3.05) is 13.2 Å². The van der Waals surface area contributed by atoms with Gasteiger partial charge in [0.05, 0.1) is 12.1 Å². The average molecular weight is 244 g/mol. The molecule has 0 spiro atoms. The van der Waals surface area contributed by atoms with Crippen molar-refractivity contribution >= 4 is 16.7 Å². The van der Waals surface area contributed by atoms with E-state index >= 15 is 0 Å². The molecular formula is C13H12N2O3. The Hall–Kier alpha value is -2.30.